The lowest BCUT2D eigenvalue weighted by Gasteiger charge is -2.10. The van der Waals surface area contributed by atoms with E-state index in [0.717, 1.165) is 0 Å². The quantitative estimate of drug-likeness (QED) is 0.545. The molecular weight excluding hydrogens is 120 g/mol. The van der Waals surface area contributed by atoms with Gasteiger partial charge in [-0.1, -0.05) is 0 Å². The highest BCUT2D eigenvalue weighted by Crippen LogP contribution is 2.02. The van der Waals surface area contributed by atoms with Gasteiger partial charge >= 0.3 is 5.97 Å². The minimum Gasteiger partial charge on any atom is -0.469 e. The van der Waals surface area contributed by atoms with Crippen LogP contribution in [0.15, 0.2) is 0 Å². The first kappa shape index (κ1) is 8.43. The molecule has 1 N–H and O–H groups in total. The zero-order chi connectivity index (χ0) is 7.44. The fourth-order valence-electron chi connectivity index (χ4n) is 0.383. The van der Waals surface area contributed by atoms with E-state index in [9.17, 15) is 4.79 Å². The van der Waals surface area contributed by atoms with Gasteiger partial charge in [-0.25, -0.2) is 0 Å². The molecule has 0 aromatic heterocycles. The maximum Gasteiger partial charge on any atom is 0.310 e. The van der Waals surface area contributed by atoms with Crippen molar-refractivity contribution in [2.45, 2.75) is 20.0 Å². The largest absolute Gasteiger partial charge is 0.469 e. The second-order valence-corrected chi connectivity index (χ2v) is 2.05. The molecule has 0 aromatic rings. The van der Waals surface area contributed by atoms with Crippen molar-refractivity contribution in [3.63, 3.8) is 0 Å². The average molecular weight is 132 g/mol. The summed E-state index contributed by atoms with van der Waals surface area (Å²) in [6.07, 6.45) is -0.627. The summed E-state index contributed by atoms with van der Waals surface area (Å²) < 4.78 is 4.37. The lowest BCUT2D eigenvalue weighted by atomic mass is 10.1. The predicted octanol–water partition coefficient (Wildman–Crippen LogP) is 0.176. The minimum atomic E-state index is -0.627. The molecule has 0 amide bonds. The summed E-state index contributed by atoms with van der Waals surface area (Å²) in [5.41, 5.74) is 0. The van der Waals surface area contributed by atoms with Crippen molar-refractivity contribution in [3.8, 4) is 0 Å². The Bertz CT molecular complexity index is 98.5. The molecule has 0 aliphatic rings. The number of methoxy groups -OCH3 is 1. The third-order valence-electron chi connectivity index (χ3n) is 1.30. The number of aliphatic hydroxyl groups is 1. The summed E-state index contributed by atoms with van der Waals surface area (Å²) in [5, 5.41) is 8.82. The van der Waals surface area contributed by atoms with E-state index >= 15 is 0 Å². The normalized spacial score (nSPS) is 16.4. The van der Waals surface area contributed by atoms with Crippen molar-refractivity contribution in [1.82, 2.24) is 0 Å². The van der Waals surface area contributed by atoms with Crippen molar-refractivity contribution in [2.75, 3.05) is 7.11 Å². The van der Waals surface area contributed by atoms with Gasteiger partial charge in [-0.3, -0.25) is 4.79 Å². The monoisotopic (exact) mass is 132 g/mol. The van der Waals surface area contributed by atoms with Gasteiger partial charge in [0.1, 0.15) is 0 Å². The Morgan fingerprint density at radius 2 is 2.00 bits per heavy atom. The molecule has 0 radical (unpaired) electrons. The molecule has 0 aliphatic carbocycles. The third kappa shape index (κ3) is 2.46. The van der Waals surface area contributed by atoms with E-state index in [2.05, 4.69) is 4.74 Å². The Morgan fingerprint density at radius 3 is 2.11 bits per heavy atom. The van der Waals surface area contributed by atoms with Crippen molar-refractivity contribution in [2.24, 2.45) is 5.92 Å². The average Bonchev–Trinajstić information content (AvgIpc) is 1.84. The van der Waals surface area contributed by atoms with Gasteiger partial charge in [0.05, 0.1) is 19.1 Å². The molecule has 0 bridgehead atoms. The van der Waals surface area contributed by atoms with Crippen molar-refractivity contribution >= 4 is 5.97 Å². The van der Waals surface area contributed by atoms with Crippen LogP contribution in [0.4, 0.5) is 0 Å². The molecule has 0 aromatic carbocycles. The minimum absolute atomic E-state index is 0.370. The molecule has 9 heavy (non-hydrogen) atoms. The van der Waals surface area contributed by atoms with E-state index < -0.39 is 12.0 Å². The highest BCUT2D eigenvalue weighted by atomic mass is 16.5. The highest BCUT2D eigenvalue weighted by Gasteiger charge is 2.17. The maximum absolute atomic E-state index is 10.6. The summed E-state index contributed by atoms with van der Waals surface area (Å²) in [4.78, 5) is 10.6. The number of aliphatic hydroxyl groups excluding tert-OH is 1. The maximum atomic E-state index is 10.6. The standard InChI is InChI=1S/C6H12O3/c1-4(5(2)7)6(8)9-3/h4-5,7H,1-3H3/t4-,5?/m0/s1. The first-order chi connectivity index (χ1) is 4.09. The molecule has 3 heteroatoms. The van der Waals surface area contributed by atoms with Gasteiger partial charge in [-0.05, 0) is 13.8 Å². The van der Waals surface area contributed by atoms with E-state index in [0.29, 0.717) is 0 Å². The van der Waals surface area contributed by atoms with Crippen LogP contribution in [0.5, 0.6) is 0 Å². The zero-order valence-electron chi connectivity index (χ0n) is 5.92. The van der Waals surface area contributed by atoms with Crippen LogP contribution >= 0.6 is 0 Å². The summed E-state index contributed by atoms with van der Waals surface area (Å²) in [7, 11) is 1.31. The second-order valence-electron chi connectivity index (χ2n) is 2.05. The van der Waals surface area contributed by atoms with Gasteiger partial charge < -0.3 is 9.84 Å². The van der Waals surface area contributed by atoms with Crippen LogP contribution in [0.3, 0.4) is 0 Å². The fourth-order valence-corrected chi connectivity index (χ4v) is 0.383. The molecule has 0 rings (SSSR count). The van der Waals surface area contributed by atoms with E-state index in [4.69, 9.17) is 5.11 Å². The number of ether oxygens (including phenoxy) is 1. The van der Waals surface area contributed by atoms with Crippen LogP contribution in [-0.2, 0) is 9.53 Å². The molecule has 54 valence electrons. The fraction of sp³-hybridized carbons (Fsp3) is 0.833. The molecule has 0 heterocycles. The van der Waals surface area contributed by atoms with Crippen molar-refractivity contribution < 1.29 is 14.6 Å². The van der Waals surface area contributed by atoms with E-state index in [1.807, 2.05) is 0 Å². The van der Waals surface area contributed by atoms with Gasteiger partial charge in [0.15, 0.2) is 0 Å². The third-order valence-corrected chi connectivity index (χ3v) is 1.30. The number of rotatable bonds is 2. The van der Waals surface area contributed by atoms with Crippen LogP contribution in [-0.4, -0.2) is 24.3 Å². The Balaban J connectivity index is 3.72. The van der Waals surface area contributed by atoms with E-state index in [1.165, 1.54) is 7.11 Å². The molecule has 2 atom stereocenters. The van der Waals surface area contributed by atoms with Crippen LogP contribution < -0.4 is 0 Å². The number of hydrogen-bond donors (Lipinski definition) is 1. The summed E-state index contributed by atoms with van der Waals surface area (Å²) >= 11 is 0. The zero-order valence-corrected chi connectivity index (χ0v) is 5.92. The first-order valence-corrected chi connectivity index (χ1v) is 2.85. The SMILES string of the molecule is COC(=O)[C@@H](C)C(C)O. The molecule has 1 unspecified atom stereocenters. The van der Waals surface area contributed by atoms with E-state index in [1.54, 1.807) is 13.8 Å². The van der Waals surface area contributed by atoms with Crippen molar-refractivity contribution in [1.29, 1.82) is 0 Å². The molecule has 0 aliphatic heterocycles. The van der Waals surface area contributed by atoms with Gasteiger partial charge in [0.2, 0.25) is 0 Å². The smallest absolute Gasteiger partial charge is 0.310 e. The Kier molecular flexibility index (Phi) is 3.24. The summed E-state index contributed by atoms with van der Waals surface area (Å²) in [5.74, 6) is -0.792. The number of carbonyl (C=O) groups excluding carboxylic acids is 1. The number of carbonyl (C=O) groups is 1. The van der Waals surface area contributed by atoms with Crippen molar-refractivity contribution in [3.05, 3.63) is 0 Å². The summed E-state index contributed by atoms with van der Waals surface area (Å²) in [6, 6.07) is 0. The summed E-state index contributed by atoms with van der Waals surface area (Å²) in [6.45, 7) is 3.18. The Hall–Kier alpha value is -0.570. The molecule has 0 spiro atoms. The van der Waals surface area contributed by atoms with Gasteiger partial charge in [0, 0.05) is 0 Å². The Labute approximate surface area is 54.6 Å². The Morgan fingerprint density at radius 1 is 1.56 bits per heavy atom. The van der Waals surface area contributed by atoms with Crippen LogP contribution in [0, 0.1) is 5.92 Å². The second kappa shape index (κ2) is 3.45. The van der Waals surface area contributed by atoms with Gasteiger partial charge in [0.25, 0.3) is 0 Å². The molecule has 3 nitrogen and oxygen atoms in total. The highest BCUT2D eigenvalue weighted by molar-refractivity contribution is 5.72. The predicted molar refractivity (Wildman–Crippen MR) is 32.9 cm³/mol. The molecule has 0 saturated carbocycles. The number of esters is 1. The lowest BCUT2D eigenvalue weighted by Crippen LogP contribution is -2.23. The molecule has 0 fully saturated rings. The lowest BCUT2D eigenvalue weighted by molar-refractivity contribution is -0.148. The van der Waals surface area contributed by atoms with Gasteiger partial charge in [-0.2, -0.15) is 0 Å². The van der Waals surface area contributed by atoms with E-state index in [-0.39, 0.29) is 5.97 Å². The molecular formula is C6H12O3. The topological polar surface area (TPSA) is 46.5 Å². The van der Waals surface area contributed by atoms with Crippen LogP contribution in [0.25, 0.3) is 0 Å². The number of hydrogen-bond acceptors (Lipinski definition) is 3. The van der Waals surface area contributed by atoms with Crippen LogP contribution in [0.1, 0.15) is 13.8 Å². The van der Waals surface area contributed by atoms with Gasteiger partial charge in [-0.15, -0.1) is 0 Å². The molecule has 0 saturated heterocycles. The first-order valence-electron chi connectivity index (χ1n) is 2.85. The van der Waals surface area contributed by atoms with Crippen LogP contribution in [0.2, 0.25) is 0 Å².